The Labute approximate surface area is 115 Å². The zero-order valence-corrected chi connectivity index (χ0v) is 12.1. The average Bonchev–Trinajstić information content (AvgIpc) is 2.37. The van der Waals surface area contributed by atoms with Crippen LogP contribution in [0.5, 0.6) is 5.75 Å². The standard InChI is InChI=1S/C15H24N2O2/c1-10(2)9-13(16)15(18)17-11(3)12-7-5-6-8-14(12)19-4/h5-8,10-11,13H,9,16H2,1-4H3,(H,17,18). The molecule has 0 heterocycles. The second-order valence-corrected chi connectivity index (χ2v) is 5.21. The number of para-hydroxylation sites is 1. The van der Waals surface area contributed by atoms with Gasteiger partial charge in [-0.15, -0.1) is 0 Å². The molecule has 0 saturated heterocycles. The lowest BCUT2D eigenvalue weighted by atomic mass is 10.0. The molecule has 0 fully saturated rings. The van der Waals surface area contributed by atoms with Gasteiger partial charge in [0.15, 0.2) is 0 Å². The lowest BCUT2D eigenvalue weighted by Gasteiger charge is -2.20. The van der Waals surface area contributed by atoms with E-state index in [-0.39, 0.29) is 11.9 Å². The Balaban J connectivity index is 2.68. The third kappa shape index (κ3) is 4.56. The quantitative estimate of drug-likeness (QED) is 0.828. The molecule has 19 heavy (non-hydrogen) atoms. The molecule has 2 unspecified atom stereocenters. The second kappa shape index (κ2) is 7.14. The molecule has 0 aliphatic heterocycles. The van der Waals surface area contributed by atoms with E-state index in [4.69, 9.17) is 10.5 Å². The van der Waals surface area contributed by atoms with Crippen LogP contribution < -0.4 is 15.8 Å². The van der Waals surface area contributed by atoms with Gasteiger partial charge in [-0.25, -0.2) is 0 Å². The fraction of sp³-hybridized carbons (Fsp3) is 0.533. The number of hydrogen-bond donors (Lipinski definition) is 2. The molecule has 2 atom stereocenters. The lowest BCUT2D eigenvalue weighted by molar-refractivity contribution is -0.123. The molecule has 4 nitrogen and oxygen atoms in total. The van der Waals surface area contributed by atoms with Crippen LogP contribution >= 0.6 is 0 Å². The molecule has 1 aromatic rings. The van der Waals surface area contributed by atoms with Gasteiger partial charge in [-0.3, -0.25) is 4.79 Å². The molecule has 0 aromatic heterocycles. The number of benzene rings is 1. The molecule has 0 spiro atoms. The second-order valence-electron chi connectivity index (χ2n) is 5.21. The highest BCUT2D eigenvalue weighted by atomic mass is 16.5. The Morgan fingerprint density at radius 3 is 2.53 bits per heavy atom. The van der Waals surface area contributed by atoms with Crippen molar-refractivity contribution in [3.8, 4) is 5.75 Å². The Hall–Kier alpha value is -1.55. The minimum absolute atomic E-state index is 0.118. The van der Waals surface area contributed by atoms with Crippen molar-refractivity contribution in [2.75, 3.05) is 7.11 Å². The van der Waals surface area contributed by atoms with Crippen LogP contribution in [0.2, 0.25) is 0 Å². The van der Waals surface area contributed by atoms with Gasteiger partial charge in [0.05, 0.1) is 19.2 Å². The zero-order chi connectivity index (χ0) is 14.4. The molecule has 0 aliphatic rings. The molecule has 0 radical (unpaired) electrons. The van der Waals surface area contributed by atoms with Crippen molar-refractivity contribution in [1.82, 2.24) is 5.32 Å². The minimum Gasteiger partial charge on any atom is -0.496 e. The van der Waals surface area contributed by atoms with Crippen LogP contribution in [0.3, 0.4) is 0 Å². The first kappa shape index (κ1) is 15.5. The Kier molecular flexibility index (Phi) is 5.83. The molecule has 4 heteroatoms. The summed E-state index contributed by atoms with van der Waals surface area (Å²) >= 11 is 0. The number of amides is 1. The number of rotatable bonds is 6. The van der Waals surface area contributed by atoms with E-state index in [0.717, 1.165) is 11.3 Å². The number of nitrogens with one attached hydrogen (secondary N) is 1. The maximum absolute atomic E-state index is 12.0. The fourth-order valence-corrected chi connectivity index (χ4v) is 2.04. The van der Waals surface area contributed by atoms with Gasteiger partial charge in [-0.05, 0) is 25.3 Å². The number of carbonyl (C=O) groups is 1. The molecule has 1 aromatic carbocycles. The van der Waals surface area contributed by atoms with Gasteiger partial charge in [0.25, 0.3) is 0 Å². The van der Waals surface area contributed by atoms with Crippen LogP contribution in [0, 0.1) is 5.92 Å². The molecule has 0 aliphatic carbocycles. The maximum atomic E-state index is 12.0. The van der Waals surface area contributed by atoms with Crippen molar-refractivity contribution in [2.45, 2.75) is 39.3 Å². The van der Waals surface area contributed by atoms with Crippen molar-refractivity contribution in [1.29, 1.82) is 0 Å². The maximum Gasteiger partial charge on any atom is 0.237 e. The van der Waals surface area contributed by atoms with Gasteiger partial charge in [-0.2, -0.15) is 0 Å². The molecule has 3 N–H and O–H groups in total. The predicted octanol–water partition coefficient (Wildman–Crippen LogP) is 2.25. The van der Waals surface area contributed by atoms with Crippen LogP contribution in [-0.4, -0.2) is 19.1 Å². The van der Waals surface area contributed by atoms with Crippen LogP contribution in [-0.2, 0) is 4.79 Å². The van der Waals surface area contributed by atoms with Crippen molar-refractivity contribution in [2.24, 2.45) is 11.7 Å². The lowest BCUT2D eigenvalue weighted by Crippen LogP contribution is -2.42. The van der Waals surface area contributed by atoms with E-state index in [9.17, 15) is 4.79 Å². The Morgan fingerprint density at radius 1 is 1.32 bits per heavy atom. The molecule has 1 amide bonds. The van der Waals surface area contributed by atoms with E-state index in [0.29, 0.717) is 12.3 Å². The summed E-state index contributed by atoms with van der Waals surface area (Å²) in [4.78, 5) is 12.0. The van der Waals surface area contributed by atoms with Crippen LogP contribution in [0.25, 0.3) is 0 Å². The van der Waals surface area contributed by atoms with E-state index in [1.807, 2.05) is 31.2 Å². The largest absolute Gasteiger partial charge is 0.496 e. The monoisotopic (exact) mass is 264 g/mol. The SMILES string of the molecule is COc1ccccc1C(C)NC(=O)C(N)CC(C)C. The van der Waals surface area contributed by atoms with Gasteiger partial charge < -0.3 is 15.8 Å². The first-order valence-electron chi connectivity index (χ1n) is 6.64. The third-order valence-corrected chi connectivity index (χ3v) is 3.03. The summed E-state index contributed by atoms with van der Waals surface area (Å²) in [5.74, 6) is 1.06. The summed E-state index contributed by atoms with van der Waals surface area (Å²) < 4.78 is 5.29. The highest BCUT2D eigenvalue weighted by molar-refractivity contribution is 5.81. The van der Waals surface area contributed by atoms with Crippen LogP contribution in [0.1, 0.15) is 38.8 Å². The van der Waals surface area contributed by atoms with Gasteiger partial charge in [-0.1, -0.05) is 32.0 Å². The van der Waals surface area contributed by atoms with E-state index < -0.39 is 6.04 Å². The number of methoxy groups -OCH3 is 1. The molecule has 106 valence electrons. The molecule has 0 saturated carbocycles. The van der Waals surface area contributed by atoms with Gasteiger partial charge >= 0.3 is 0 Å². The van der Waals surface area contributed by atoms with Crippen molar-refractivity contribution >= 4 is 5.91 Å². The van der Waals surface area contributed by atoms with Gasteiger partial charge in [0, 0.05) is 5.56 Å². The van der Waals surface area contributed by atoms with Crippen molar-refractivity contribution in [3.63, 3.8) is 0 Å². The smallest absolute Gasteiger partial charge is 0.237 e. The minimum atomic E-state index is -0.461. The highest BCUT2D eigenvalue weighted by Gasteiger charge is 2.19. The first-order chi connectivity index (χ1) is 8.95. The molecular weight excluding hydrogens is 240 g/mol. The zero-order valence-electron chi connectivity index (χ0n) is 12.1. The van der Waals surface area contributed by atoms with Crippen LogP contribution in [0.15, 0.2) is 24.3 Å². The number of carbonyl (C=O) groups excluding carboxylic acids is 1. The summed E-state index contributed by atoms with van der Waals surface area (Å²) in [6.45, 7) is 6.03. The molecule has 0 bridgehead atoms. The van der Waals surface area contributed by atoms with Gasteiger partial charge in [0.2, 0.25) is 5.91 Å². The van der Waals surface area contributed by atoms with Crippen molar-refractivity contribution in [3.05, 3.63) is 29.8 Å². The topological polar surface area (TPSA) is 64.3 Å². The number of hydrogen-bond acceptors (Lipinski definition) is 3. The highest BCUT2D eigenvalue weighted by Crippen LogP contribution is 2.24. The Morgan fingerprint density at radius 2 is 1.95 bits per heavy atom. The van der Waals surface area contributed by atoms with E-state index in [1.165, 1.54) is 0 Å². The number of ether oxygens (including phenoxy) is 1. The predicted molar refractivity (Wildman–Crippen MR) is 77.0 cm³/mol. The summed E-state index contributed by atoms with van der Waals surface area (Å²) in [6.07, 6.45) is 0.685. The summed E-state index contributed by atoms with van der Waals surface area (Å²) in [5.41, 5.74) is 6.83. The fourth-order valence-electron chi connectivity index (χ4n) is 2.04. The van der Waals surface area contributed by atoms with E-state index >= 15 is 0 Å². The van der Waals surface area contributed by atoms with E-state index in [1.54, 1.807) is 7.11 Å². The first-order valence-corrected chi connectivity index (χ1v) is 6.64. The average molecular weight is 264 g/mol. The van der Waals surface area contributed by atoms with Crippen molar-refractivity contribution < 1.29 is 9.53 Å². The summed E-state index contributed by atoms with van der Waals surface area (Å²) in [7, 11) is 1.62. The van der Waals surface area contributed by atoms with Crippen LogP contribution in [0.4, 0.5) is 0 Å². The summed E-state index contributed by atoms with van der Waals surface area (Å²) in [6, 6.07) is 7.07. The summed E-state index contributed by atoms with van der Waals surface area (Å²) in [5, 5.41) is 2.93. The normalized spacial score (nSPS) is 14.0. The molecular formula is C15H24N2O2. The Bertz CT molecular complexity index is 418. The third-order valence-electron chi connectivity index (χ3n) is 3.03. The molecule has 1 rings (SSSR count). The van der Waals surface area contributed by atoms with Gasteiger partial charge in [0.1, 0.15) is 5.75 Å². The number of nitrogens with two attached hydrogens (primary N) is 1. The van der Waals surface area contributed by atoms with E-state index in [2.05, 4.69) is 19.2 Å².